The molecule has 0 fully saturated rings. The molecule has 120 valence electrons. The molecule has 0 saturated carbocycles. The molecule has 1 unspecified atom stereocenters. The van der Waals surface area contributed by atoms with Gasteiger partial charge in [-0.1, -0.05) is 42.1 Å². The molecule has 22 heavy (non-hydrogen) atoms. The first-order chi connectivity index (χ1) is 10.5. The second kappa shape index (κ2) is 9.38. The number of rotatable bonds is 8. The molecule has 0 bridgehead atoms. The second-order valence-electron chi connectivity index (χ2n) is 4.86. The van der Waals surface area contributed by atoms with Crippen molar-refractivity contribution in [3.05, 3.63) is 35.9 Å². The van der Waals surface area contributed by atoms with Gasteiger partial charge in [0.1, 0.15) is 6.04 Å². The Hall–Kier alpha value is -1.66. The Balaban J connectivity index is 2.72. The molecular formula is C16H21NO4S. The predicted octanol–water partition coefficient (Wildman–Crippen LogP) is 1.77. The lowest BCUT2D eigenvalue weighted by molar-refractivity contribution is -0.142. The summed E-state index contributed by atoms with van der Waals surface area (Å²) >= 11 is 1.13. The summed E-state index contributed by atoms with van der Waals surface area (Å²) in [4.78, 5) is 34.9. The van der Waals surface area contributed by atoms with Gasteiger partial charge in [-0.05, 0) is 12.5 Å². The van der Waals surface area contributed by atoms with Gasteiger partial charge in [0.25, 0.3) is 0 Å². The number of thioether (sulfide) groups is 1. The van der Waals surface area contributed by atoms with Crippen LogP contribution in [-0.2, 0) is 19.1 Å². The Bertz CT molecular complexity index is 518. The van der Waals surface area contributed by atoms with Crippen LogP contribution in [-0.4, -0.2) is 42.3 Å². The van der Waals surface area contributed by atoms with Crippen molar-refractivity contribution in [3.8, 4) is 0 Å². The maximum absolute atomic E-state index is 12.4. The van der Waals surface area contributed by atoms with E-state index in [9.17, 15) is 14.4 Å². The highest BCUT2D eigenvalue weighted by atomic mass is 32.2. The van der Waals surface area contributed by atoms with Crippen LogP contribution in [0.4, 0.5) is 0 Å². The molecule has 1 aromatic rings. The fourth-order valence-electron chi connectivity index (χ4n) is 1.90. The molecule has 5 nitrogen and oxygen atoms in total. The number of carbonyl (C=O) groups excluding carboxylic acids is 3. The third kappa shape index (κ3) is 5.99. The van der Waals surface area contributed by atoms with E-state index in [-0.39, 0.29) is 23.4 Å². The van der Waals surface area contributed by atoms with Crippen molar-refractivity contribution < 1.29 is 19.1 Å². The molecule has 0 amide bonds. The zero-order chi connectivity index (χ0) is 16.5. The average Bonchev–Trinajstić information content (AvgIpc) is 2.52. The first-order valence-electron chi connectivity index (χ1n) is 6.98. The first-order valence-corrected chi connectivity index (χ1v) is 7.96. The van der Waals surface area contributed by atoms with Crippen LogP contribution >= 0.6 is 11.8 Å². The van der Waals surface area contributed by atoms with Gasteiger partial charge in [-0.3, -0.25) is 19.7 Å². The van der Waals surface area contributed by atoms with Crippen molar-refractivity contribution in [2.75, 3.05) is 19.4 Å². The van der Waals surface area contributed by atoms with E-state index >= 15 is 0 Å². The third-order valence-corrected chi connectivity index (χ3v) is 4.09. The minimum atomic E-state index is -0.550. The van der Waals surface area contributed by atoms with Crippen molar-refractivity contribution in [2.24, 2.45) is 0 Å². The minimum Gasteiger partial charge on any atom is -0.468 e. The van der Waals surface area contributed by atoms with Crippen LogP contribution in [0.2, 0.25) is 0 Å². The van der Waals surface area contributed by atoms with Crippen molar-refractivity contribution in [1.29, 1.82) is 0 Å². The van der Waals surface area contributed by atoms with Crippen LogP contribution in [0.25, 0.3) is 0 Å². The highest BCUT2D eigenvalue weighted by molar-refractivity contribution is 8.13. The first kappa shape index (κ1) is 18.4. The second-order valence-corrected chi connectivity index (χ2v) is 6.05. The normalized spacial score (nSPS) is 13.2. The Morgan fingerprint density at radius 1 is 1.23 bits per heavy atom. The predicted molar refractivity (Wildman–Crippen MR) is 86.8 cm³/mol. The van der Waals surface area contributed by atoms with Crippen molar-refractivity contribution in [1.82, 2.24) is 5.32 Å². The Kier molecular flexibility index (Phi) is 7.84. The number of nitrogens with one attached hydrogen (secondary N) is 1. The van der Waals surface area contributed by atoms with E-state index in [2.05, 4.69) is 10.1 Å². The van der Waals surface area contributed by atoms with Crippen LogP contribution in [0.15, 0.2) is 30.3 Å². The summed E-state index contributed by atoms with van der Waals surface area (Å²) in [6, 6.07) is 8.78. The minimum absolute atomic E-state index is 0.0235. The quantitative estimate of drug-likeness (QED) is 0.735. The molecule has 0 aliphatic heterocycles. The van der Waals surface area contributed by atoms with Crippen LogP contribution in [0, 0.1) is 0 Å². The molecule has 1 rings (SSSR count). The van der Waals surface area contributed by atoms with E-state index in [0.717, 1.165) is 17.3 Å². The molecule has 0 aliphatic rings. The molecule has 6 heteroatoms. The zero-order valence-electron chi connectivity index (χ0n) is 13.0. The number of methoxy groups -OCH3 is 1. The molecule has 0 saturated heterocycles. The van der Waals surface area contributed by atoms with Crippen LogP contribution < -0.4 is 5.32 Å². The third-order valence-electron chi connectivity index (χ3n) is 3.18. The fraction of sp³-hybridized carbons (Fsp3) is 0.438. The summed E-state index contributed by atoms with van der Waals surface area (Å²) in [5, 5.41) is 2.83. The summed E-state index contributed by atoms with van der Waals surface area (Å²) in [7, 11) is 1.30. The van der Waals surface area contributed by atoms with E-state index in [0.29, 0.717) is 5.75 Å². The Morgan fingerprint density at radius 2 is 1.86 bits per heavy atom. The van der Waals surface area contributed by atoms with Gasteiger partial charge in [0.15, 0.2) is 10.9 Å². The number of benzene rings is 1. The van der Waals surface area contributed by atoms with Crippen LogP contribution in [0.1, 0.15) is 25.3 Å². The molecule has 0 aromatic heterocycles. The smallest absolute Gasteiger partial charge is 0.322 e. The number of hydrogen-bond donors (Lipinski definition) is 1. The molecule has 0 heterocycles. The van der Waals surface area contributed by atoms with Gasteiger partial charge in [0.05, 0.1) is 19.6 Å². The summed E-state index contributed by atoms with van der Waals surface area (Å²) in [5.41, 5.74) is 0.869. The van der Waals surface area contributed by atoms with Gasteiger partial charge >= 0.3 is 5.97 Å². The van der Waals surface area contributed by atoms with Gasteiger partial charge in [-0.25, -0.2) is 0 Å². The van der Waals surface area contributed by atoms with Gasteiger partial charge in [-0.15, -0.1) is 0 Å². The number of hydrogen-bond acceptors (Lipinski definition) is 6. The molecule has 2 atom stereocenters. The number of Topliss-reactive ketones (excluding diaryl/α,β-unsaturated/α-hetero) is 1. The van der Waals surface area contributed by atoms with Crippen molar-refractivity contribution >= 4 is 28.6 Å². The van der Waals surface area contributed by atoms with Gasteiger partial charge < -0.3 is 4.74 Å². The molecular weight excluding hydrogens is 302 g/mol. The van der Waals surface area contributed by atoms with Crippen LogP contribution in [0.3, 0.4) is 0 Å². The average molecular weight is 323 g/mol. The summed E-state index contributed by atoms with van der Waals surface area (Å²) in [6.07, 6.45) is 0. The molecule has 0 radical (unpaired) electrons. The van der Waals surface area contributed by atoms with E-state index in [1.807, 2.05) is 30.3 Å². The fourth-order valence-corrected chi connectivity index (χ4v) is 2.68. The standard InChI is InChI=1S/C16H21NO4S/c1-11(16(20)21-3)17-9-15(19)14(10-22-12(2)18)13-7-5-4-6-8-13/h4-8,11,14,17H,9-10H2,1-3H3/t11?,14-/m0/s1. The van der Waals surface area contributed by atoms with Gasteiger partial charge in [-0.2, -0.15) is 0 Å². The molecule has 0 spiro atoms. The SMILES string of the molecule is COC(=O)C(C)NCC(=O)[C@@H](CSC(C)=O)c1ccccc1. The lowest BCUT2D eigenvalue weighted by Crippen LogP contribution is -2.39. The van der Waals surface area contributed by atoms with Crippen molar-refractivity contribution in [3.63, 3.8) is 0 Å². The summed E-state index contributed by atoms with van der Waals surface area (Å²) in [6.45, 7) is 3.17. The zero-order valence-corrected chi connectivity index (χ0v) is 13.8. The van der Waals surface area contributed by atoms with E-state index in [1.165, 1.54) is 14.0 Å². The van der Waals surface area contributed by atoms with E-state index in [1.54, 1.807) is 6.92 Å². The number of esters is 1. The summed E-state index contributed by atoms with van der Waals surface area (Å²) in [5.74, 6) is -0.461. The Labute approximate surface area is 134 Å². The lowest BCUT2D eigenvalue weighted by Gasteiger charge is -2.17. The van der Waals surface area contributed by atoms with Gasteiger partial charge in [0, 0.05) is 12.7 Å². The topological polar surface area (TPSA) is 72.5 Å². The number of ether oxygens (including phenoxy) is 1. The maximum atomic E-state index is 12.4. The number of carbonyl (C=O) groups is 3. The largest absolute Gasteiger partial charge is 0.468 e. The van der Waals surface area contributed by atoms with E-state index < -0.39 is 12.0 Å². The molecule has 1 aromatic carbocycles. The molecule has 0 aliphatic carbocycles. The van der Waals surface area contributed by atoms with Crippen LogP contribution in [0.5, 0.6) is 0 Å². The highest BCUT2D eigenvalue weighted by Crippen LogP contribution is 2.22. The monoisotopic (exact) mass is 323 g/mol. The lowest BCUT2D eigenvalue weighted by atomic mass is 9.96. The molecule has 1 N–H and O–H groups in total. The highest BCUT2D eigenvalue weighted by Gasteiger charge is 2.22. The van der Waals surface area contributed by atoms with E-state index in [4.69, 9.17) is 0 Å². The Morgan fingerprint density at radius 3 is 2.41 bits per heavy atom. The number of ketones is 1. The van der Waals surface area contributed by atoms with Crippen molar-refractivity contribution in [2.45, 2.75) is 25.8 Å². The maximum Gasteiger partial charge on any atom is 0.322 e. The summed E-state index contributed by atoms with van der Waals surface area (Å²) < 4.78 is 4.61. The van der Waals surface area contributed by atoms with Gasteiger partial charge in [0.2, 0.25) is 0 Å².